The summed E-state index contributed by atoms with van der Waals surface area (Å²) in [5.41, 5.74) is 6.84. The Bertz CT molecular complexity index is 747. The minimum Gasteiger partial charge on any atom is -0.379 e. The molecule has 3 rings (SSSR count). The van der Waals surface area contributed by atoms with E-state index in [-0.39, 0.29) is 0 Å². The lowest BCUT2D eigenvalue weighted by Gasteiger charge is -2.10. The molecule has 0 aliphatic rings. The number of rotatable bonds is 6. The summed E-state index contributed by atoms with van der Waals surface area (Å²) >= 11 is 0. The van der Waals surface area contributed by atoms with E-state index < -0.39 is 0 Å². The zero-order chi connectivity index (χ0) is 16.8. The van der Waals surface area contributed by atoms with Crippen molar-refractivity contribution in [1.29, 1.82) is 0 Å². The molecule has 3 heteroatoms. The van der Waals surface area contributed by atoms with Crippen LogP contribution in [0.5, 0.6) is 0 Å². The van der Waals surface area contributed by atoms with Gasteiger partial charge in [0.15, 0.2) is 0 Å². The molecule has 2 aromatic carbocycles. The zero-order valence-corrected chi connectivity index (χ0v) is 14.2. The number of benzene rings is 2. The average Bonchev–Trinajstić information content (AvgIpc) is 2.59. The second kappa shape index (κ2) is 7.64. The number of aryl methyl sites for hydroxylation is 2. The maximum atomic E-state index is 4.72. The summed E-state index contributed by atoms with van der Waals surface area (Å²) in [6.07, 6.45) is 0. The molecule has 0 unspecified atom stereocenters. The number of nitrogens with zero attached hydrogens (tertiary/aromatic N) is 1. The first kappa shape index (κ1) is 16.1. The molecule has 0 aliphatic carbocycles. The Morgan fingerprint density at radius 2 is 1.12 bits per heavy atom. The standard InChI is InChI=1S/C21H23N3/c1-16-6-3-8-18(12-16)22-14-20-10-5-11-21(24-20)15-23-19-9-4-7-17(2)13-19/h3-13,22-23H,14-15H2,1-2H3. The van der Waals surface area contributed by atoms with Gasteiger partial charge < -0.3 is 10.6 Å². The van der Waals surface area contributed by atoms with E-state index in [1.54, 1.807) is 0 Å². The highest BCUT2D eigenvalue weighted by molar-refractivity contribution is 5.46. The van der Waals surface area contributed by atoms with Crippen LogP contribution in [0.1, 0.15) is 22.5 Å². The molecule has 0 saturated carbocycles. The van der Waals surface area contributed by atoms with Crippen LogP contribution in [0.4, 0.5) is 11.4 Å². The zero-order valence-electron chi connectivity index (χ0n) is 14.2. The monoisotopic (exact) mass is 317 g/mol. The van der Waals surface area contributed by atoms with Crippen molar-refractivity contribution < 1.29 is 0 Å². The highest BCUT2D eigenvalue weighted by atomic mass is 14.9. The highest BCUT2D eigenvalue weighted by Gasteiger charge is 2.00. The van der Waals surface area contributed by atoms with Crippen LogP contribution in [0, 0.1) is 13.8 Å². The van der Waals surface area contributed by atoms with Crippen molar-refractivity contribution in [3.05, 3.63) is 89.2 Å². The molecule has 1 aromatic heterocycles. The lowest BCUT2D eigenvalue weighted by molar-refractivity contribution is 0.966. The first-order valence-electron chi connectivity index (χ1n) is 8.25. The average molecular weight is 317 g/mol. The SMILES string of the molecule is Cc1cccc(NCc2cccc(CNc3cccc(C)c3)n2)c1. The van der Waals surface area contributed by atoms with Gasteiger partial charge in [-0.1, -0.05) is 30.3 Å². The van der Waals surface area contributed by atoms with Gasteiger partial charge >= 0.3 is 0 Å². The van der Waals surface area contributed by atoms with Crippen LogP contribution in [-0.2, 0) is 13.1 Å². The summed E-state index contributed by atoms with van der Waals surface area (Å²) < 4.78 is 0. The molecule has 1 heterocycles. The number of hydrogen-bond acceptors (Lipinski definition) is 3. The largest absolute Gasteiger partial charge is 0.379 e. The lowest BCUT2D eigenvalue weighted by Crippen LogP contribution is -2.06. The Morgan fingerprint density at radius 3 is 1.58 bits per heavy atom. The maximum Gasteiger partial charge on any atom is 0.0598 e. The Balaban J connectivity index is 1.59. The van der Waals surface area contributed by atoms with Crippen molar-refractivity contribution in [3.8, 4) is 0 Å². The van der Waals surface area contributed by atoms with E-state index in [2.05, 4.69) is 91.2 Å². The van der Waals surface area contributed by atoms with Gasteiger partial charge in [-0.05, 0) is 61.4 Å². The topological polar surface area (TPSA) is 37.0 Å². The summed E-state index contributed by atoms with van der Waals surface area (Å²) in [5, 5.41) is 6.85. The van der Waals surface area contributed by atoms with Crippen molar-refractivity contribution >= 4 is 11.4 Å². The molecule has 3 aromatic rings. The Kier molecular flexibility index (Phi) is 5.12. The third-order valence-electron chi connectivity index (χ3n) is 3.85. The third-order valence-corrected chi connectivity index (χ3v) is 3.85. The van der Waals surface area contributed by atoms with Crippen molar-refractivity contribution in [1.82, 2.24) is 4.98 Å². The van der Waals surface area contributed by atoms with E-state index in [0.29, 0.717) is 0 Å². The first-order chi connectivity index (χ1) is 11.7. The summed E-state index contributed by atoms with van der Waals surface area (Å²) in [4.78, 5) is 4.72. The molecule has 0 saturated heterocycles. The Morgan fingerprint density at radius 1 is 0.667 bits per heavy atom. The van der Waals surface area contributed by atoms with Gasteiger partial charge in [0.25, 0.3) is 0 Å². The van der Waals surface area contributed by atoms with Crippen LogP contribution in [0.2, 0.25) is 0 Å². The molecule has 0 aliphatic heterocycles. The predicted molar refractivity (Wildman–Crippen MR) is 101 cm³/mol. The van der Waals surface area contributed by atoms with E-state index in [9.17, 15) is 0 Å². The molecule has 0 bridgehead atoms. The first-order valence-corrected chi connectivity index (χ1v) is 8.25. The molecule has 0 atom stereocenters. The van der Waals surface area contributed by atoms with Crippen LogP contribution in [0.3, 0.4) is 0 Å². The number of aromatic nitrogens is 1. The lowest BCUT2D eigenvalue weighted by atomic mass is 10.2. The van der Waals surface area contributed by atoms with Gasteiger partial charge in [-0.2, -0.15) is 0 Å². The van der Waals surface area contributed by atoms with E-state index >= 15 is 0 Å². The molecule has 0 fully saturated rings. The van der Waals surface area contributed by atoms with Gasteiger partial charge in [0.05, 0.1) is 24.5 Å². The Hall–Kier alpha value is -2.81. The van der Waals surface area contributed by atoms with Crippen LogP contribution >= 0.6 is 0 Å². The molecule has 3 nitrogen and oxygen atoms in total. The van der Waals surface area contributed by atoms with E-state index in [4.69, 9.17) is 4.98 Å². The normalized spacial score (nSPS) is 10.4. The molecule has 0 radical (unpaired) electrons. The molecule has 122 valence electrons. The summed E-state index contributed by atoms with van der Waals surface area (Å²) in [5.74, 6) is 0. The van der Waals surface area contributed by atoms with Gasteiger partial charge in [0.2, 0.25) is 0 Å². The van der Waals surface area contributed by atoms with Crippen LogP contribution in [-0.4, -0.2) is 4.98 Å². The smallest absolute Gasteiger partial charge is 0.0598 e. The van der Waals surface area contributed by atoms with Gasteiger partial charge in [-0.3, -0.25) is 4.98 Å². The van der Waals surface area contributed by atoms with E-state index in [1.807, 2.05) is 0 Å². The predicted octanol–water partition coefficient (Wildman–Crippen LogP) is 4.92. The molecule has 2 N–H and O–H groups in total. The number of hydrogen-bond donors (Lipinski definition) is 2. The Labute approximate surface area is 143 Å². The fourth-order valence-corrected chi connectivity index (χ4v) is 2.62. The third kappa shape index (κ3) is 4.59. The minimum absolute atomic E-state index is 0.724. The molecular formula is C21H23N3. The minimum atomic E-state index is 0.724. The molecule has 24 heavy (non-hydrogen) atoms. The summed E-state index contributed by atoms with van der Waals surface area (Å²) in [6, 6.07) is 22.9. The second-order valence-electron chi connectivity index (χ2n) is 6.07. The van der Waals surface area contributed by atoms with Crippen molar-refractivity contribution in [3.63, 3.8) is 0 Å². The summed E-state index contributed by atoms with van der Waals surface area (Å²) in [6.45, 7) is 5.64. The summed E-state index contributed by atoms with van der Waals surface area (Å²) in [7, 11) is 0. The molecular weight excluding hydrogens is 294 g/mol. The van der Waals surface area contributed by atoms with E-state index in [1.165, 1.54) is 11.1 Å². The number of pyridine rings is 1. The van der Waals surface area contributed by atoms with Crippen molar-refractivity contribution in [2.24, 2.45) is 0 Å². The fraction of sp³-hybridized carbons (Fsp3) is 0.190. The maximum absolute atomic E-state index is 4.72. The van der Waals surface area contributed by atoms with Gasteiger partial charge in [0.1, 0.15) is 0 Å². The quantitative estimate of drug-likeness (QED) is 0.677. The van der Waals surface area contributed by atoms with Crippen molar-refractivity contribution in [2.75, 3.05) is 10.6 Å². The van der Waals surface area contributed by atoms with Gasteiger partial charge in [-0.15, -0.1) is 0 Å². The highest BCUT2D eigenvalue weighted by Crippen LogP contribution is 2.13. The van der Waals surface area contributed by atoms with Crippen LogP contribution in [0.15, 0.2) is 66.7 Å². The van der Waals surface area contributed by atoms with E-state index in [0.717, 1.165) is 35.9 Å². The molecule has 0 amide bonds. The van der Waals surface area contributed by atoms with Crippen LogP contribution < -0.4 is 10.6 Å². The molecule has 0 spiro atoms. The number of nitrogens with one attached hydrogen (secondary N) is 2. The van der Waals surface area contributed by atoms with Gasteiger partial charge in [0, 0.05) is 11.4 Å². The fourth-order valence-electron chi connectivity index (χ4n) is 2.62. The number of anilines is 2. The van der Waals surface area contributed by atoms with Crippen LogP contribution in [0.25, 0.3) is 0 Å². The van der Waals surface area contributed by atoms with Crippen molar-refractivity contribution in [2.45, 2.75) is 26.9 Å². The van der Waals surface area contributed by atoms with Gasteiger partial charge in [-0.25, -0.2) is 0 Å². The second-order valence-corrected chi connectivity index (χ2v) is 6.07.